The van der Waals surface area contributed by atoms with Gasteiger partial charge in [0.25, 0.3) is 0 Å². The van der Waals surface area contributed by atoms with Gasteiger partial charge in [0.15, 0.2) is 11.1 Å². The van der Waals surface area contributed by atoms with Crippen molar-refractivity contribution in [2.45, 2.75) is 89.4 Å². The van der Waals surface area contributed by atoms with E-state index < -0.39 is 11.1 Å². The Hall–Kier alpha value is 0.110. The minimum Gasteiger partial charge on any atom is -0.287 e. The smallest absolute Gasteiger partial charge is 0.159 e. The molecular weight excluding hydrogens is 328 g/mol. The molecule has 0 bridgehead atoms. The van der Waals surface area contributed by atoms with Gasteiger partial charge in [0.05, 0.1) is 11.4 Å². The van der Waals surface area contributed by atoms with E-state index >= 15 is 0 Å². The van der Waals surface area contributed by atoms with E-state index in [-0.39, 0.29) is 0 Å². The molecule has 11 atom stereocenters. The third-order valence-electron chi connectivity index (χ3n) is 9.28. The molecule has 0 aromatic carbocycles. The Balaban J connectivity index is 1.50. The molecule has 4 aliphatic carbocycles. The van der Waals surface area contributed by atoms with Crippen molar-refractivity contribution in [3.63, 3.8) is 0 Å². The number of rotatable bonds is 0. The molecule has 5 rings (SSSR count). The van der Waals surface area contributed by atoms with Crippen LogP contribution >= 0.6 is 0 Å². The second-order valence-electron chi connectivity index (χ2n) is 10.2. The van der Waals surface area contributed by atoms with Crippen LogP contribution in [0.5, 0.6) is 0 Å². The largest absolute Gasteiger partial charge is 0.287 e. The molecule has 5 fully saturated rings. The van der Waals surface area contributed by atoms with Crippen LogP contribution in [0.15, 0.2) is 0 Å². The highest BCUT2D eigenvalue weighted by atomic mass is 32.2. The summed E-state index contributed by atoms with van der Waals surface area (Å²) in [7, 11) is 0. The molecule has 0 spiro atoms. The van der Waals surface area contributed by atoms with E-state index in [0.29, 0.717) is 17.3 Å². The number of fused-ring (bicyclic) bond motifs is 7. The van der Waals surface area contributed by atoms with Crippen molar-refractivity contribution in [2.24, 2.45) is 47.3 Å². The van der Waals surface area contributed by atoms with E-state index in [4.69, 9.17) is 4.18 Å². The van der Waals surface area contributed by atoms with Crippen LogP contribution in [0.3, 0.4) is 0 Å². The van der Waals surface area contributed by atoms with Gasteiger partial charge in [-0.15, -0.1) is 0 Å². The first-order chi connectivity index (χ1) is 12.1. The van der Waals surface area contributed by atoms with Crippen LogP contribution in [0.25, 0.3) is 0 Å². The number of hydrogen-bond donors (Lipinski definition) is 0. The van der Waals surface area contributed by atoms with Crippen LogP contribution in [-0.2, 0) is 15.3 Å². The van der Waals surface area contributed by atoms with Crippen molar-refractivity contribution in [1.82, 2.24) is 0 Å². The topological polar surface area (TPSA) is 26.3 Å². The third-order valence-corrected chi connectivity index (χ3v) is 10.8. The van der Waals surface area contributed by atoms with Gasteiger partial charge in [0.2, 0.25) is 0 Å². The van der Waals surface area contributed by atoms with E-state index in [0.717, 1.165) is 41.4 Å². The monoisotopic (exact) mass is 364 g/mol. The SMILES string of the molecule is CC1CCCC2C1CCC1OS(=O)C3CCC4C(C)CCCC4C3C12. The van der Waals surface area contributed by atoms with Crippen LogP contribution in [0.4, 0.5) is 0 Å². The molecular formula is C22H36O2S. The first-order valence-electron chi connectivity index (χ1n) is 11.2. The second-order valence-corrected chi connectivity index (χ2v) is 11.5. The summed E-state index contributed by atoms with van der Waals surface area (Å²) in [5, 5.41) is 0.351. The Morgan fingerprint density at radius 3 is 1.96 bits per heavy atom. The predicted molar refractivity (Wildman–Crippen MR) is 102 cm³/mol. The first-order valence-corrected chi connectivity index (χ1v) is 12.4. The average molecular weight is 365 g/mol. The van der Waals surface area contributed by atoms with Gasteiger partial charge in [-0.1, -0.05) is 39.5 Å². The molecule has 1 aliphatic heterocycles. The van der Waals surface area contributed by atoms with E-state index in [1.165, 1.54) is 64.2 Å². The van der Waals surface area contributed by atoms with Crippen LogP contribution < -0.4 is 0 Å². The predicted octanol–water partition coefficient (Wildman–Crippen LogP) is 5.34. The van der Waals surface area contributed by atoms with Crippen LogP contribution in [0.1, 0.15) is 78.1 Å². The Morgan fingerprint density at radius 1 is 0.680 bits per heavy atom. The maximum atomic E-state index is 13.0. The molecule has 3 heteroatoms. The molecule has 0 aromatic heterocycles. The standard InChI is InChI=1S/C22H36O2S/c1-13-5-3-7-17-15(13)9-11-19-21(17)22-18-8-4-6-14(2)16(18)10-12-20(22)25(23)24-19/h13-22H,3-12H2,1-2H3. The van der Waals surface area contributed by atoms with E-state index in [1.807, 2.05) is 0 Å². The van der Waals surface area contributed by atoms with E-state index in [1.54, 1.807) is 0 Å². The molecule has 1 saturated heterocycles. The lowest BCUT2D eigenvalue weighted by Crippen LogP contribution is -2.59. The van der Waals surface area contributed by atoms with Gasteiger partial charge >= 0.3 is 0 Å². The second kappa shape index (κ2) is 6.62. The Kier molecular flexibility index (Phi) is 4.56. The molecule has 0 radical (unpaired) electrons. The zero-order valence-electron chi connectivity index (χ0n) is 16.1. The van der Waals surface area contributed by atoms with Gasteiger partial charge in [0, 0.05) is 0 Å². The van der Waals surface area contributed by atoms with Gasteiger partial charge in [-0.3, -0.25) is 4.18 Å². The quantitative estimate of drug-likeness (QED) is 0.580. The summed E-state index contributed by atoms with van der Waals surface area (Å²) in [6.07, 6.45) is 13.8. The van der Waals surface area contributed by atoms with Gasteiger partial charge in [-0.05, 0) is 85.9 Å². The van der Waals surface area contributed by atoms with Crippen molar-refractivity contribution < 1.29 is 8.39 Å². The normalized spacial score (nSPS) is 58.4. The van der Waals surface area contributed by atoms with E-state index in [2.05, 4.69) is 13.8 Å². The summed E-state index contributed by atoms with van der Waals surface area (Å²) in [6, 6.07) is 0. The summed E-state index contributed by atoms with van der Waals surface area (Å²) < 4.78 is 19.2. The third kappa shape index (κ3) is 2.70. The van der Waals surface area contributed by atoms with Gasteiger partial charge in [0.1, 0.15) is 0 Å². The summed E-state index contributed by atoms with van der Waals surface area (Å²) >= 11 is -1.02. The van der Waals surface area contributed by atoms with Crippen molar-refractivity contribution in [3.05, 3.63) is 0 Å². The lowest BCUT2D eigenvalue weighted by Gasteiger charge is -2.59. The summed E-state index contributed by atoms with van der Waals surface area (Å²) in [4.78, 5) is 0. The minimum absolute atomic E-state index is 0.310. The minimum atomic E-state index is -1.02. The summed E-state index contributed by atoms with van der Waals surface area (Å²) in [6.45, 7) is 5.00. The van der Waals surface area contributed by atoms with Crippen LogP contribution in [0, 0.1) is 47.3 Å². The van der Waals surface area contributed by atoms with Crippen molar-refractivity contribution in [3.8, 4) is 0 Å². The van der Waals surface area contributed by atoms with Gasteiger partial charge in [-0.2, -0.15) is 0 Å². The maximum Gasteiger partial charge on any atom is 0.159 e. The van der Waals surface area contributed by atoms with Crippen molar-refractivity contribution in [1.29, 1.82) is 0 Å². The molecule has 11 unspecified atom stereocenters. The lowest BCUT2D eigenvalue weighted by molar-refractivity contribution is -0.0971. The summed E-state index contributed by atoms with van der Waals surface area (Å²) in [5.74, 6) is 6.76. The van der Waals surface area contributed by atoms with Gasteiger partial charge in [-0.25, -0.2) is 4.21 Å². The molecule has 1 heterocycles. The average Bonchev–Trinajstić information content (AvgIpc) is 2.61. The Bertz CT molecular complexity index is 534. The zero-order valence-corrected chi connectivity index (χ0v) is 16.9. The molecule has 5 aliphatic rings. The highest BCUT2D eigenvalue weighted by Crippen LogP contribution is 2.59. The fourth-order valence-corrected chi connectivity index (χ4v) is 9.83. The summed E-state index contributed by atoms with van der Waals surface area (Å²) in [5.41, 5.74) is 0. The molecule has 142 valence electrons. The molecule has 0 amide bonds. The Labute approximate surface area is 156 Å². The van der Waals surface area contributed by atoms with Crippen molar-refractivity contribution >= 4 is 11.1 Å². The highest BCUT2D eigenvalue weighted by molar-refractivity contribution is 7.80. The van der Waals surface area contributed by atoms with Crippen LogP contribution in [-0.4, -0.2) is 15.6 Å². The molecule has 4 saturated carbocycles. The molecule has 25 heavy (non-hydrogen) atoms. The van der Waals surface area contributed by atoms with Gasteiger partial charge < -0.3 is 0 Å². The molecule has 2 nitrogen and oxygen atoms in total. The van der Waals surface area contributed by atoms with Crippen molar-refractivity contribution in [2.75, 3.05) is 0 Å². The van der Waals surface area contributed by atoms with Crippen LogP contribution in [0.2, 0.25) is 0 Å². The maximum absolute atomic E-state index is 13.0. The lowest BCUT2D eigenvalue weighted by atomic mass is 9.51. The number of hydrogen-bond acceptors (Lipinski definition) is 2. The van der Waals surface area contributed by atoms with E-state index in [9.17, 15) is 4.21 Å². The fourth-order valence-electron chi connectivity index (χ4n) is 8.25. The Morgan fingerprint density at radius 2 is 1.28 bits per heavy atom. The zero-order chi connectivity index (χ0) is 17.1. The molecule has 0 aromatic rings. The molecule has 0 N–H and O–H groups in total. The fraction of sp³-hybridized carbons (Fsp3) is 1.00. The highest BCUT2D eigenvalue weighted by Gasteiger charge is 2.58. The first kappa shape index (κ1) is 17.2.